The molecule has 1 aromatic heterocycles. The van der Waals surface area contributed by atoms with E-state index in [2.05, 4.69) is 6.92 Å². The standard InChI is InChI=1S/C18H18ClNO3/c1-9-4-5-12(18(22)23)8-15(9)20-11(3)7-14(13-6-10(13)2)16(19)17(20)21/h4-5,7-8,10,13H,6H2,1-3H3,(H,22,23). The highest BCUT2D eigenvalue weighted by Crippen LogP contribution is 2.48. The number of aryl methyl sites for hydroxylation is 2. The quantitative estimate of drug-likeness (QED) is 0.927. The molecule has 0 amide bonds. The van der Waals surface area contributed by atoms with Gasteiger partial charge in [0.2, 0.25) is 0 Å². The molecule has 1 fully saturated rings. The summed E-state index contributed by atoms with van der Waals surface area (Å²) in [7, 11) is 0. The Morgan fingerprint density at radius 3 is 2.52 bits per heavy atom. The number of aromatic nitrogens is 1. The predicted octanol–water partition coefficient (Wildman–Crippen LogP) is 3.93. The Labute approximate surface area is 139 Å². The highest BCUT2D eigenvalue weighted by molar-refractivity contribution is 6.31. The minimum atomic E-state index is -1.02. The average Bonchev–Trinajstić information content (AvgIpc) is 3.21. The number of pyridine rings is 1. The van der Waals surface area contributed by atoms with E-state index in [0.29, 0.717) is 17.5 Å². The molecule has 1 N–H and O–H groups in total. The molecule has 0 radical (unpaired) electrons. The molecule has 4 nitrogen and oxygen atoms in total. The predicted molar refractivity (Wildman–Crippen MR) is 90.0 cm³/mol. The summed E-state index contributed by atoms with van der Waals surface area (Å²) in [5.74, 6) is -0.110. The molecule has 0 spiro atoms. The van der Waals surface area contributed by atoms with Crippen molar-refractivity contribution in [1.29, 1.82) is 0 Å². The van der Waals surface area contributed by atoms with Crippen molar-refractivity contribution in [3.05, 3.63) is 62.0 Å². The van der Waals surface area contributed by atoms with Crippen LogP contribution >= 0.6 is 11.6 Å². The summed E-state index contributed by atoms with van der Waals surface area (Å²) in [6.45, 7) is 5.83. The fraction of sp³-hybridized carbons (Fsp3) is 0.333. The van der Waals surface area contributed by atoms with Crippen LogP contribution in [0, 0.1) is 19.8 Å². The first-order valence-corrected chi connectivity index (χ1v) is 7.95. The van der Waals surface area contributed by atoms with Gasteiger partial charge in [-0.05, 0) is 61.4 Å². The molecule has 1 aromatic carbocycles. The lowest BCUT2D eigenvalue weighted by molar-refractivity contribution is 0.0697. The van der Waals surface area contributed by atoms with Crippen molar-refractivity contribution in [2.75, 3.05) is 0 Å². The SMILES string of the molecule is Cc1ccc(C(=O)O)cc1-n1c(C)cc(C2CC2C)c(Cl)c1=O. The van der Waals surface area contributed by atoms with Crippen molar-refractivity contribution < 1.29 is 9.90 Å². The molecular weight excluding hydrogens is 314 g/mol. The zero-order chi connectivity index (χ0) is 16.9. The van der Waals surface area contributed by atoms with Crippen molar-refractivity contribution in [2.45, 2.75) is 33.1 Å². The number of halogens is 1. The smallest absolute Gasteiger partial charge is 0.335 e. The van der Waals surface area contributed by atoms with Crippen molar-refractivity contribution in [1.82, 2.24) is 4.57 Å². The van der Waals surface area contributed by atoms with Crippen LogP contribution in [-0.2, 0) is 0 Å². The van der Waals surface area contributed by atoms with Gasteiger partial charge in [0.05, 0.1) is 11.3 Å². The van der Waals surface area contributed by atoms with Crippen LogP contribution in [-0.4, -0.2) is 15.6 Å². The van der Waals surface area contributed by atoms with E-state index in [9.17, 15) is 14.7 Å². The topological polar surface area (TPSA) is 59.3 Å². The van der Waals surface area contributed by atoms with Gasteiger partial charge in [0.15, 0.2) is 0 Å². The molecule has 2 unspecified atom stereocenters. The average molecular weight is 332 g/mol. The second-order valence-electron chi connectivity index (χ2n) is 6.32. The second-order valence-corrected chi connectivity index (χ2v) is 6.70. The molecule has 1 aliphatic rings. The van der Waals surface area contributed by atoms with E-state index < -0.39 is 5.97 Å². The molecule has 0 aliphatic heterocycles. The fourth-order valence-electron chi connectivity index (χ4n) is 3.04. The number of nitrogens with zero attached hydrogens (tertiary/aromatic N) is 1. The van der Waals surface area contributed by atoms with Gasteiger partial charge in [-0.2, -0.15) is 0 Å². The third-order valence-corrected chi connectivity index (χ3v) is 4.95. The number of rotatable bonds is 3. The van der Waals surface area contributed by atoms with Gasteiger partial charge in [-0.3, -0.25) is 9.36 Å². The van der Waals surface area contributed by atoms with Crippen molar-refractivity contribution >= 4 is 17.6 Å². The van der Waals surface area contributed by atoms with Crippen molar-refractivity contribution in [2.24, 2.45) is 5.92 Å². The third-order valence-electron chi connectivity index (χ3n) is 4.57. The molecule has 3 rings (SSSR count). The number of hydrogen-bond acceptors (Lipinski definition) is 2. The zero-order valence-corrected chi connectivity index (χ0v) is 14.0. The van der Waals surface area contributed by atoms with E-state index >= 15 is 0 Å². The molecule has 0 bridgehead atoms. The van der Waals surface area contributed by atoms with Gasteiger partial charge < -0.3 is 5.11 Å². The first kappa shape index (κ1) is 15.8. The zero-order valence-electron chi connectivity index (χ0n) is 13.3. The number of benzene rings is 1. The van der Waals surface area contributed by atoms with E-state index in [-0.39, 0.29) is 16.1 Å². The normalized spacial score (nSPS) is 19.7. The van der Waals surface area contributed by atoms with Crippen LogP contribution in [0.15, 0.2) is 29.1 Å². The van der Waals surface area contributed by atoms with Crippen LogP contribution in [0.25, 0.3) is 5.69 Å². The Morgan fingerprint density at radius 1 is 1.30 bits per heavy atom. The van der Waals surface area contributed by atoms with Gasteiger partial charge in [0, 0.05) is 5.69 Å². The number of carboxylic acid groups (broad SMARTS) is 1. The summed E-state index contributed by atoms with van der Waals surface area (Å²) in [6, 6.07) is 6.70. The molecule has 5 heteroatoms. The van der Waals surface area contributed by atoms with E-state index in [1.807, 2.05) is 19.9 Å². The summed E-state index contributed by atoms with van der Waals surface area (Å²) in [5, 5.41) is 9.42. The van der Waals surface area contributed by atoms with Gasteiger partial charge in [-0.15, -0.1) is 0 Å². The lowest BCUT2D eigenvalue weighted by Crippen LogP contribution is -2.23. The third kappa shape index (κ3) is 2.68. The maximum Gasteiger partial charge on any atom is 0.335 e. The van der Waals surface area contributed by atoms with Crippen molar-refractivity contribution in [3.8, 4) is 5.69 Å². The van der Waals surface area contributed by atoms with Crippen LogP contribution in [0.1, 0.15) is 46.4 Å². The number of aromatic carboxylic acids is 1. The van der Waals surface area contributed by atoms with Crippen LogP contribution in [0.2, 0.25) is 5.02 Å². The number of carbonyl (C=O) groups is 1. The molecule has 1 heterocycles. The lowest BCUT2D eigenvalue weighted by atomic mass is 10.1. The van der Waals surface area contributed by atoms with Crippen LogP contribution in [0.5, 0.6) is 0 Å². The summed E-state index contributed by atoms with van der Waals surface area (Å²) in [4.78, 5) is 24.0. The Bertz CT molecular complexity index is 869. The largest absolute Gasteiger partial charge is 0.478 e. The van der Waals surface area contributed by atoms with Crippen molar-refractivity contribution in [3.63, 3.8) is 0 Å². The molecule has 23 heavy (non-hydrogen) atoms. The van der Waals surface area contributed by atoms with E-state index in [1.54, 1.807) is 6.07 Å². The van der Waals surface area contributed by atoms with Gasteiger partial charge in [-0.25, -0.2) is 4.79 Å². The Balaban J connectivity index is 2.22. The molecule has 1 aliphatic carbocycles. The minimum absolute atomic E-state index is 0.146. The monoisotopic (exact) mass is 331 g/mol. The molecule has 0 saturated heterocycles. The molecule has 2 atom stereocenters. The second kappa shape index (κ2) is 5.53. The Kier molecular flexibility index (Phi) is 3.80. The Morgan fingerprint density at radius 2 is 1.96 bits per heavy atom. The van der Waals surface area contributed by atoms with E-state index in [1.165, 1.54) is 16.7 Å². The highest BCUT2D eigenvalue weighted by atomic mass is 35.5. The summed E-state index contributed by atoms with van der Waals surface area (Å²) < 4.78 is 1.50. The molecule has 120 valence electrons. The minimum Gasteiger partial charge on any atom is -0.478 e. The Hall–Kier alpha value is -2.07. The van der Waals surface area contributed by atoms with Crippen LogP contribution in [0.4, 0.5) is 0 Å². The van der Waals surface area contributed by atoms with Crippen LogP contribution in [0.3, 0.4) is 0 Å². The van der Waals surface area contributed by atoms with Gasteiger partial charge in [-0.1, -0.05) is 24.6 Å². The van der Waals surface area contributed by atoms with Gasteiger partial charge in [0.25, 0.3) is 5.56 Å². The summed E-state index contributed by atoms with van der Waals surface area (Å²) >= 11 is 6.33. The molecular formula is C18H18ClNO3. The lowest BCUT2D eigenvalue weighted by Gasteiger charge is -2.16. The maximum atomic E-state index is 12.8. The first-order valence-electron chi connectivity index (χ1n) is 7.57. The van der Waals surface area contributed by atoms with Gasteiger partial charge >= 0.3 is 5.97 Å². The maximum absolute atomic E-state index is 12.8. The highest BCUT2D eigenvalue weighted by Gasteiger charge is 2.36. The number of hydrogen-bond donors (Lipinski definition) is 1. The first-order chi connectivity index (χ1) is 10.8. The summed E-state index contributed by atoms with van der Waals surface area (Å²) in [5.41, 5.74) is 2.91. The number of carboxylic acids is 1. The van der Waals surface area contributed by atoms with Crippen LogP contribution < -0.4 is 5.56 Å². The van der Waals surface area contributed by atoms with E-state index in [4.69, 9.17) is 11.6 Å². The summed E-state index contributed by atoms with van der Waals surface area (Å²) in [6.07, 6.45) is 1.05. The molecule has 1 saturated carbocycles. The molecule has 2 aromatic rings. The van der Waals surface area contributed by atoms with Gasteiger partial charge in [0.1, 0.15) is 5.02 Å². The van der Waals surface area contributed by atoms with E-state index in [0.717, 1.165) is 23.2 Å². The fourth-order valence-corrected chi connectivity index (χ4v) is 3.32.